The Morgan fingerprint density at radius 2 is 2.04 bits per heavy atom. The quantitative estimate of drug-likeness (QED) is 0.907. The molecule has 1 aliphatic heterocycles. The lowest BCUT2D eigenvalue weighted by Gasteiger charge is -2.25. The van der Waals surface area contributed by atoms with E-state index in [-0.39, 0.29) is 24.4 Å². The minimum atomic E-state index is -0.745. The fraction of sp³-hybridized carbons (Fsp3) is 0.389. The molecule has 2 fully saturated rings. The molecule has 1 aromatic heterocycles. The van der Waals surface area contributed by atoms with Gasteiger partial charge < -0.3 is 15.0 Å². The van der Waals surface area contributed by atoms with Crippen molar-refractivity contribution in [3.63, 3.8) is 0 Å². The van der Waals surface area contributed by atoms with E-state index >= 15 is 0 Å². The fourth-order valence-corrected chi connectivity index (χ4v) is 3.54. The smallest absolute Gasteiger partial charge is 0.256 e. The number of likely N-dealkylation sites (tertiary alicyclic amines) is 1. The molecule has 1 saturated carbocycles. The summed E-state index contributed by atoms with van der Waals surface area (Å²) in [6.45, 7) is 0.120. The normalized spacial score (nSPS) is 23.7. The number of nitrogens with zero attached hydrogens (tertiary/aromatic N) is 1. The Labute approximate surface area is 138 Å². The Morgan fingerprint density at radius 1 is 1.25 bits per heavy atom. The van der Waals surface area contributed by atoms with Gasteiger partial charge >= 0.3 is 0 Å². The SMILES string of the molecule is O=C(c1cc[nH]c1C1CC1)N1C[C@H](O)C[C@H]1c1cc(F)ccc1F. The van der Waals surface area contributed by atoms with Gasteiger partial charge in [-0.05, 0) is 49.4 Å². The van der Waals surface area contributed by atoms with Crippen molar-refractivity contribution in [1.82, 2.24) is 9.88 Å². The average molecular weight is 332 g/mol. The Bertz CT molecular complexity index is 785. The fourth-order valence-electron chi connectivity index (χ4n) is 3.54. The van der Waals surface area contributed by atoms with E-state index in [1.54, 1.807) is 12.3 Å². The lowest BCUT2D eigenvalue weighted by molar-refractivity contribution is 0.0712. The topological polar surface area (TPSA) is 56.3 Å². The maximum absolute atomic E-state index is 14.2. The zero-order chi connectivity index (χ0) is 16.8. The maximum Gasteiger partial charge on any atom is 0.256 e. The number of carbonyl (C=O) groups excluding carboxylic acids is 1. The third-order valence-corrected chi connectivity index (χ3v) is 4.85. The van der Waals surface area contributed by atoms with E-state index in [9.17, 15) is 18.7 Å². The van der Waals surface area contributed by atoms with Crippen LogP contribution in [-0.2, 0) is 0 Å². The molecule has 1 aliphatic carbocycles. The van der Waals surface area contributed by atoms with Gasteiger partial charge in [0.15, 0.2) is 0 Å². The van der Waals surface area contributed by atoms with Gasteiger partial charge in [-0.1, -0.05) is 0 Å². The second-order valence-electron chi connectivity index (χ2n) is 6.61. The summed E-state index contributed by atoms with van der Waals surface area (Å²) in [5, 5.41) is 10.0. The van der Waals surface area contributed by atoms with Crippen LogP contribution in [0.3, 0.4) is 0 Å². The number of aromatic nitrogens is 1. The molecule has 1 aromatic carbocycles. The predicted molar refractivity (Wildman–Crippen MR) is 83.5 cm³/mol. The highest BCUT2D eigenvalue weighted by atomic mass is 19.1. The zero-order valence-corrected chi connectivity index (χ0v) is 13.0. The van der Waals surface area contributed by atoms with E-state index in [1.807, 2.05) is 0 Å². The first-order chi connectivity index (χ1) is 11.5. The molecule has 1 saturated heterocycles. The second kappa shape index (κ2) is 5.70. The van der Waals surface area contributed by atoms with Gasteiger partial charge in [0.1, 0.15) is 11.6 Å². The van der Waals surface area contributed by atoms with Crippen LogP contribution in [0.4, 0.5) is 8.78 Å². The summed E-state index contributed by atoms with van der Waals surface area (Å²) in [5.41, 5.74) is 1.58. The van der Waals surface area contributed by atoms with Crippen LogP contribution in [0.1, 0.15) is 52.8 Å². The molecule has 1 amide bonds. The van der Waals surface area contributed by atoms with Crippen molar-refractivity contribution in [3.8, 4) is 0 Å². The number of nitrogens with one attached hydrogen (secondary N) is 1. The standard InChI is InChI=1S/C18H18F2N2O2/c19-11-3-4-15(20)14(7-11)16-8-12(23)9-22(16)18(24)13-5-6-21-17(13)10-1-2-10/h3-7,10,12,16,21,23H,1-2,8-9H2/t12-,16+/m1/s1. The van der Waals surface area contributed by atoms with Crippen molar-refractivity contribution in [2.45, 2.75) is 37.3 Å². The number of halogens is 2. The Hall–Kier alpha value is -2.21. The first kappa shape index (κ1) is 15.3. The Morgan fingerprint density at radius 3 is 2.79 bits per heavy atom. The second-order valence-corrected chi connectivity index (χ2v) is 6.61. The van der Waals surface area contributed by atoms with Gasteiger partial charge in [0.25, 0.3) is 5.91 Å². The number of aliphatic hydroxyl groups excluding tert-OH is 1. The van der Waals surface area contributed by atoms with Crippen molar-refractivity contribution in [2.24, 2.45) is 0 Å². The molecule has 0 bridgehead atoms. The molecule has 2 atom stereocenters. The highest BCUT2D eigenvalue weighted by Gasteiger charge is 2.39. The third kappa shape index (κ3) is 2.60. The van der Waals surface area contributed by atoms with E-state index in [1.165, 1.54) is 4.90 Å². The number of amides is 1. The molecule has 2 heterocycles. The number of carbonyl (C=O) groups is 1. The maximum atomic E-state index is 14.2. The minimum absolute atomic E-state index is 0.114. The van der Waals surface area contributed by atoms with Gasteiger partial charge in [-0.2, -0.15) is 0 Å². The number of H-pyrrole nitrogens is 1. The van der Waals surface area contributed by atoms with Gasteiger partial charge in [0, 0.05) is 24.0 Å². The van der Waals surface area contributed by atoms with E-state index in [2.05, 4.69) is 4.98 Å². The lowest BCUT2D eigenvalue weighted by atomic mass is 10.0. The highest BCUT2D eigenvalue weighted by molar-refractivity contribution is 5.96. The van der Waals surface area contributed by atoms with Crippen molar-refractivity contribution in [3.05, 3.63) is 58.9 Å². The van der Waals surface area contributed by atoms with Gasteiger partial charge in [0.2, 0.25) is 0 Å². The van der Waals surface area contributed by atoms with Crippen LogP contribution in [0, 0.1) is 11.6 Å². The summed E-state index contributed by atoms with van der Waals surface area (Å²) < 4.78 is 27.7. The summed E-state index contributed by atoms with van der Waals surface area (Å²) in [5.74, 6) is -0.996. The molecule has 126 valence electrons. The van der Waals surface area contributed by atoms with Crippen LogP contribution >= 0.6 is 0 Å². The van der Waals surface area contributed by atoms with Gasteiger partial charge in [-0.25, -0.2) is 8.78 Å². The first-order valence-electron chi connectivity index (χ1n) is 8.16. The molecular formula is C18H18F2N2O2. The Kier molecular flexibility index (Phi) is 3.64. The number of β-amino-alcohol motifs (C(OH)–C–C–N with tert-alkyl or cyclic N) is 1. The molecule has 0 spiro atoms. The summed E-state index contributed by atoms with van der Waals surface area (Å²) in [6.07, 6.45) is 3.28. The van der Waals surface area contributed by atoms with E-state index in [0.717, 1.165) is 36.7 Å². The largest absolute Gasteiger partial charge is 0.391 e. The molecule has 24 heavy (non-hydrogen) atoms. The molecule has 0 radical (unpaired) electrons. The van der Waals surface area contributed by atoms with Crippen LogP contribution in [-0.4, -0.2) is 33.5 Å². The van der Waals surface area contributed by atoms with Gasteiger partial charge in [0.05, 0.1) is 17.7 Å². The molecule has 6 heteroatoms. The minimum Gasteiger partial charge on any atom is -0.391 e. The van der Waals surface area contributed by atoms with Gasteiger partial charge in [-0.3, -0.25) is 4.79 Å². The summed E-state index contributed by atoms with van der Waals surface area (Å²) in [4.78, 5) is 17.5. The van der Waals surface area contributed by atoms with Crippen LogP contribution in [0.15, 0.2) is 30.5 Å². The summed E-state index contributed by atoms with van der Waals surface area (Å²) >= 11 is 0. The first-order valence-corrected chi connectivity index (χ1v) is 8.16. The van der Waals surface area contributed by atoms with Crippen molar-refractivity contribution >= 4 is 5.91 Å². The van der Waals surface area contributed by atoms with E-state index in [0.29, 0.717) is 11.5 Å². The molecule has 2 aromatic rings. The molecule has 2 aliphatic rings. The van der Waals surface area contributed by atoms with Crippen molar-refractivity contribution < 1.29 is 18.7 Å². The van der Waals surface area contributed by atoms with Crippen molar-refractivity contribution in [2.75, 3.05) is 6.54 Å². The number of aromatic amines is 1. The number of aliphatic hydroxyl groups is 1. The van der Waals surface area contributed by atoms with Gasteiger partial charge in [-0.15, -0.1) is 0 Å². The van der Waals surface area contributed by atoms with Crippen LogP contribution in [0.25, 0.3) is 0 Å². The van der Waals surface area contributed by atoms with E-state index < -0.39 is 23.8 Å². The Balaban J connectivity index is 1.68. The summed E-state index contributed by atoms with van der Waals surface area (Å²) in [6, 6.07) is 4.28. The molecule has 4 nitrogen and oxygen atoms in total. The number of benzene rings is 1. The summed E-state index contributed by atoms with van der Waals surface area (Å²) in [7, 11) is 0. The zero-order valence-electron chi connectivity index (χ0n) is 13.0. The van der Waals surface area contributed by atoms with E-state index in [4.69, 9.17) is 0 Å². The average Bonchev–Trinajstić information content (AvgIpc) is 3.15. The molecule has 4 rings (SSSR count). The predicted octanol–water partition coefficient (Wildman–Crippen LogP) is 3.12. The molecule has 0 unspecified atom stereocenters. The highest BCUT2D eigenvalue weighted by Crippen LogP contribution is 2.42. The van der Waals surface area contributed by atoms with Crippen molar-refractivity contribution in [1.29, 1.82) is 0 Å². The van der Waals surface area contributed by atoms with Crippen LogP contribution < -0.4 is 0 Å². The lowest BCUT2D eigenvalue weighted by Crippen LogP contribution is -2.32. The molecular weight excluding hydrogens is 314 g/mol. The van der Waals surface area contributed by atoms with Crippen LogP contribution in [0.2, 0.25) is 0 Å². The molecule has 2 N–H and O–H groups in total. The third-order valence-electron chi connectivity index (χ3n) is 4.85. The van der Waals surface area contributed by atoms with Crippen LogP contribution in [0.5, 0.6) is 0 Å². The number of hydrogen-bond acceptors (Lipinski definition) is 2. The number of rotatable bonds is 3. The number of hydrogen-bond donors (Lipinski definition) is 2. The monoisotopic (exact) mass is 332 g/mol.